The molecule has 0 fully saturated rings. The Bertz CT molecular complexity index is 660. The number of hydrogen-bond donors (Lipinski definition) is 1. The second-order valence-corrected chi connectivity index (χ2v) is 15.2. The molecule has 0 spiro atoms. The Morgan fingerprint density at radius 3 is 1.26 bits per heavy atom. The van der Waals surface area contributed by atoms with Crippen LogP contribution in [-0.4, -0.2) is 58.2 Å². The first-order chi connectivity index (χ1) is 22.3. The maximum atomic E-state index is 13.0. The van der Waals surface area contributed by atoms with E-state index < -0.39 is 13.9 Å². The van der Waals surface area contributed by atoms with Crippen LogP contribution in [0.2, 0.25) is 12.6 Å². The van der Waals surface area contributed by atoms with Gasteiger partial charge < -0.3 is 14.4 Å². The van der Waals surface area contributed by atoms with Crippen LogP contribution in [0.15, 0.2) is 0 Å². The fourth-order valence-corrected chi connectivity index (χ4v) is 7.06. The van der Waals surface area contributed by atoms with Crippen LogP contribution in [0, 0.1) is 0 Å². The molecule has 0 bridgehead atoms. The summed E-state index contributed by atoms with van der Waals surface area (Å²) in [6.45, 7) is 9.40. The average Bonchev–Trinajstić information content (AvgIpc) is 3.05. The number of rotatable bonds is 37. The van der Waals surface area contributed by atoms with Gasteiger partial charge in [0.05, 0.1) is 37.6 Å². The molecule has 46 heavy (non-hydrogen) atoms. The second-order valence-electron chi connectivity index (χ2n) is 13.8. The third-order valence-electron chi connectivity index (χ3n) is 9.29. The van der Waals surface area contributed by atoms with Crippen molar-refractivity contribution in [3.63, 3.8) is 0 Å². The summed E-state index contributed by atoms with van der Waals surface area (Å²) in [5, 5.41) is 0. The van der Waals surface area contributed by atoms with Gasteiger partial charge in [-0.1, -0.05) is 175 Å². The van der Waals surface area contributed by atoms with Gasteiger partial charge in [0.25, 0.3) is 0 Å². The Labute approximate surface area is 289 Å². The van der Waals surface area contributed by atoms with Gasteiger partial charge in [0.2, 0.25) is 0 Å². The molecule has 0 aliphatic carbocycles. The van der Waals surface area contributed by atoms with E-state index >= 15 is 0 Å². The quantitative estimate of drug-likeness (QED) is 0.0402. The van der Waals surface area contributed by atoms with Crippen LogP contribution in [0.4, 0.5) is 0 Å². The molecule has 6 nitrogen and oxygen atoms in total. The smallest absolute Gasteiger partial charge is 0.376 e. The summed E-state index contributed by atoms with van der Waals surface area (Å²) >= 11 is 0. The molecule has 0 heterocycles. The predicted molar refractivity (Wildman–Crippen MR) is 204 cm³/mol. The molecule has 0 aromatic rings. The van der Waals surface area contributed by atoms with Crippen molar-refractivity contribution in [1.29, 1.82) is 0 Å². The van der Waals surface area contributed by atoms with Gasteiger partial charge in [-0.3, -0.25) is 9.05 Å². The zero-order valence-electron chi connectivity index (χ0n) is 31.8. The SMILES string of the molecule is BC[C@H](COP(=O)(O)O[C@H](CB)COC(CCCCCCC)CCCCCCCC)OC(CCCCCCC)CCCCCCC. The lowest BCUT2D eigenvalue weighted by atomic mass is 9.98. The summed E-state index contributed by atoms with van der Waals surface area (Å²) in [4.78, 5) is 10.7. The van der Waals surface area contributed by atoms with Crippen LogP contribution in [-0.2, 0) is 23.1 Å². The van der Waals surface area contributed by atoms with Crippen molar-refractivity contribution in [2.75, 3.05) is 13.2 Å². The van der Waals surface area contributed by atoms with Gasteiger partial charge in [-0.25, -0.2) is 4.57 Å². The van der Waals surface area contributed by atoms with E-state index in [0.717, 1.165) is 32.0 Å². The highest BCUT2D eigenvalue weighted by atomic mass is 31.2. The zero-order chi connectivity index (χ0) is 34.1. The van der Waals surface area contributed by atoms with Crippen molar-refractivity contribution >= 4 is 23.5 Å². The summed E-state index contributed by atoms with van der Waals surface area (Å²) in [5.74, 6) is 0. The molecular weight excluding hydrogens is 593 g/mol. The van der Waals surface area contributed by atoms with E-state index in [9.17, 15) is 9.46 Å². The Morgan fingerprint density at radius 2 is 0.870 bits per heavy atom. The van der Waals surface area contributed by atoms with Gasteiger partial charge in [-0.05, 0) is 25.7 Å². The predicted octanol–water partition coefficient (Wildman–Crippen LogP) is 10.6. The van der Waals surface area contributed by atoms with Crippen LogP contribution in [0.25, 0.3) is 0 Å². The Kier molecular flexibility index (Phi) is 33.8. The molecule has 1 N–H and O–H groups in total. The van der Waals surface area contributed by atoms with Crippen LogP contribution >= 0.6 is 7.82 Å². The normalized spacial score (nSPS) is 15.3. The van der Waals surface area contributed by atoms with E-state index in [1.54, 1.807) is 0 Å². The molecule has 0 aromatic heterocycles. The van der Waals surface area contributed by atoms with E-state index in [1.165, 1.54) is 135 Å². The van der Waals surface area contributed by atoms with Gasteiger partial charge in [0.1, 0.15) is 15.7 Å². The number of ether oxygens (including phenoxy) is 2. The van der Waals surface area contributed by atoms with Crippen molar-refractivity contribution in [3.05, 3.63) is 0 Å². The zero-order valence-corrected chi connectivity index (χ0v) is 32.6. The lowest BCUT2D eigenvalue weighted by molar-refractivity contribution is -0.0451. The molecule has 0 radical (unpaired) electrons. The van der Waals surface area contributed by atoms with E-state index in [1.807, 2.05) is 7.85 Å². The van der Waals surface area contributed by atoms with Gasteiger partial charge in [-0.2, -0.15) is 0 Å². The largest absolute Gasteiger partial charge is 0.472 e. The molecule has 0 saturated carbocycles. The summed E-state index contributed by atoms with van der Waals surface area (Å²) in [6.07, 6.45) is 31.6. The van der Waals surface area contributed by atoms with Crippen LogP contribution < -0.4 is 0 Å². The first-order valence-electron chi connectivity index (χ1n) is 20.3. The fraction of sp³-hybridized carbons (Fsp3) is 1.00. The molecule has 4 atom stereocenters. The molecule has 0 aliphatic rings. The summed E-state index contributed by atoms with van der Waals surface area (Å²) < 4.78 is 37.2. The first-order valence-corrected chi connectivity index (χ1v) is 21.8. The summed E-state index contributed by atoms with van der Waals surface area (Å²) in [6, 6.07) is 0. The Morgan fingerprint density at radius 1 is 0.500 bits per heavy atom. The monoisotopic (exact) mass is 673 g/mol. The average molecular weight is 673 g/mol. The highest BCUT2D eigenvalue weighted by molar-refractivity contribution is 7.47. The molecule has 0 saturated heterocycles. The van der Waals surface area contributed by atoms with Gasteiger partial charge in [0.15, 0.2) is 0 Å². The Balaban J connectivity index is 4.90. The van der Waals surface area contributed by atoms with Crippen LogP contribution in [0.3, 0.4) is 0 Å². The molecule has 0 aliphatic heterocycles. The minimum atomic E-state index is -4.23. The number of unbranched alkanes of at least 4 members (excludes halogenated alkanes) is 17. The fourth-order valence-electron chi connectivity index (χ4n) is 6.06. The van der Waals surface area contributed by atoms with Gasteiger partial charge in [-0.15, -0.1) is 0 Å². The van der Waals surface area contributed by atoms with E-state index in [-0.39, 0.29) is 24.9 Å². The third kappa shape index (κ3) is 29.1. The maximum Gasteiger partial charge on any atom is 0.472 e. The molecule has 0 aromatic carbocycles. The van der Waals surface area contributed by atoms with E-state index in [4.69, 9.17) is 18.5 Å². The summed E-state index contributed by atoms with van der Waals surface area (Å²) in [7, 11) is -0.195. The summed E-state index contributed by atoms with van der Waals surface area (Å²) in [5.41, 5.74) is 0. The number of phosphoric ester groups is 1. The molecular formula is C37H79B2O6P. The van der Waals surface area contributed by atoms with Crippen molar-refractivity contribution in [2.45, 2.75) is 225 Å². The Hall–Kier alpha value is 0.160. The van der Waals surface area contributed by atoms with Crippen molar-refractivity contribution in [1.82, 2.24) is 0 Å². The van der Waals surface area contributed by atoms with Crippen LogP contribution in [0.1, 0.15) is 188 Å². The first kappa shape index (κ1) is 46.2. The van der Waals surface area contributed by atoms with E-state index in [2.05, 4.69) is 35.5 Å². The molecule has 274 valence electrons. The van der Waals surface area contributed by atoms with E-state index in [0.29, 0.717) is 12.9 Å². The van der Waals surface area contributed by atoms with Gasteiger partial charge >= 0.3 is 7.82 Å². The van der Waals surface area contributed by atoms with Crippen molar-refractivity contribution in [3.8, 4) is 0 Å². The number of hydrogen-bond acceptors (Lipinski definition) is 5. The van der Waals surface area contributed by atoms with Crippen molar-refractivity contribution in [2.24, 2.45) is 0 Å². The molecule has 9 heteroatoms. The highest BCUT2D eigenvalue weighted by Crippen LogP contribution is 2.45. The minimum Gasteiger partial charge on any atom is -0.376 e. The highest BCUT2D eigenvalue weighted by Gasteiger charge is 2.28. The van der Waals surface area contributed by atoms with Crippen LogP contribution in [0.5, 0.6) is 0 Å². The standard InChI is InChI=1S/C37H79B2O6P/c1-5-9-13-17-21-23-27-34(26-22-18-14-10-6-2)42-32-37(31-39)45-46(40,41)43-33-36(30-38)44-35(28-24-19-15-11-7-3)29-25-20-16-12-8-4/h34-37H,5-33,38-39H2,1-4H3,(H,40,41)/t34?,36-,37-/m1/s1. The van der Waals surface area contributed by atoms with Gasteiger partial charge in [0, 0.05) is 0 Å². The third-order valence-corrected chi connectivity index (χ3v) is 10.3. The molecule has 2 unspecified atom stereocenters. The number of phosphoric acid groups is 1. The topological polar surface area (TPSA) is 74.2 Å². The van der Waals surface area contributed by atoms with Crippen molar-refractivity contribution < 1.29 is 28.0 Å². The molecule has 0 amide bonds. The lowest BCUT2D eigenvalue weighted by Crippen LogP contribution is -2.27. The lowest BCUT2D eigenvalue weighted by Gasteiger charge is -2.27. The maximum absolute atomic E-state index is 13.0. The second kappa shape index (κ2) is 33.6. The molecule has 0 rings (SSSR count). The minimum absolute atomic E-state index is 0.0716.